The number of hydrogen-bond acceptors (Lipinski definition) is 1. The fraction of sp³-hybridized carbons (Fsp3) is 0.533. The van der Waals surface area contributed by atoms with Gasteiger partial charge in [0.25, 0.3) is 0 Å². The van der Waals surface area contributed by atoms with E-state index in [1.165, 1.54) is 11.1 Å². The van der Waals surface area contributed by atoms with Crippen molar-refractivity contribution in [1.82, 2.24) is 5.32 Å². The van der Waals surface area contributed by atoms with Gasteiger partial charge in [0.05, 0.1) is 5.92 Å². The highest BCUT2D eigenvalue weighted by atomic mass is 35.5. The molecular formula is C15H20ClNO. The SMILES string of the molecule is O=C(NCCCCCCCl)C1Cc2ccccc21. The van der Waals surface area contributed by atoms with Crippen molar-refractivity contribution in [3.8, 4) is 0 Å². The molecule has 2 rings (SSSR count). The van der Waals surface area contributed by atoms with E-state index >= 15 is 0 Å². The molecule has 0 bridgehead atoms. The lowest BCUT2D eigenvalue weighted by molar-refractivity contribution is -0.123. The van der Waals surface area contributed by atoms with Gasteiger partial charge >= 0.3 is 0 Å². The van der Waals surface area contributed by atoms with E-state index in [2.05, 4.69) is 17.4 Å². The molecule has 18 heavy (non-hydrogen) atoms. The summed E-state index contributed by atoms with van der Waals surface area (Å²) < 4.78 is 0. The maximum Gasteiger partial charge on any atom is 0.227 e. The van der Waals surface area contributed by atoms with Crippen LogP contribution in [-0.2, 0) is 11.2 Å². The zero-order valence-electron chi connectivity index (χ0n) is 10.6. The zero-order chi connectivity index (χ0) is 12.8. The van der Waals surface area contributed by atoms with Crippen LogP contribution in [-0.4, -0.2) is 18.3 Å². The summed E-state index contributed by atoms with van der Waals surface area (Å²) in [6.07, 6.45) is 5.33. The van der Waals surface area contributed by atoms with E-state index in [0.717, 1.165) is 44.5 Å². The van der Waals surface area contributed by atoms with Gasteiger partial charge < -0.3 is 5.32 Å². The average molecular weight is 266 g/mol. The number of carbonyl (C=O) groups excluding carboxylic acids is 1. The molecule has 0 saturated heterocycles. The number of rotatable bonds is 7. The zero-order valence-corrected chi connectivity index (χ0v) is 11.4. The van der Waals surface area contributed by atoms with Gasteiger partial charge in [0.2, 0.25) is 5.91 Å². The molecule has 0 fully saturated rings. The van der Waals surface area contributed by atoms with Crippen LogP contribution in [0.5, 0.6) is 0 Å². The van der Waals surface area contributed by atoms with Crippen LogP contribution >= 0.6 is 11.6 Å². The number of alkyl halides is 1. The molecule has 0 saturated carbocycles. The quantitative estimate of drug-likeness (QED) is 0.595. The van der Waals surface area contributed by atoms with Crippen LogP contribution in [0.1, 0.15) is 42.7 Å². The van der Waals surface area contributed by atoms with Gasteiger partial charge in [0.15, 0.2) is 0 Å². The monoisotopic (exact) mass is 265 g/mol. The summed E-state index contributed by atoms with van der Waals surface area (Å²) in [6, 6.07) is 8.20. The molecule has 0 aliphatic heterocycles. The summed E-state index contributed by atoms with van der Waals surface area (Å²) in [5, 5.41) is 3.03. The van der Waals surface area contributed by atoms with Crippen molar-refractivity contribution in [2.45, 2.75) is 38.0 Å². The molecule has 1 aliphatic carbocycles. The number of unbranched alkanes of at least 4 members (excludes halogenated alkanes) is 3. The van der Waals surface area contributed by atoms with Gasteiger partial charge in [-0.25, -0.2) is 0 Å². The Morgan fingerprint density at radius 1 is 1.22 bits per heavy atom. The van der Waals surface area contributed by atoms with Gasteiger partial charge in [-0.2, -0.15) is 0 Å². The van der Waals surface area contributed by atoms with Crippen LogP contribution in [0.2, 0.25) is 0 Å². The highest BCUT2D eigenvalue weighted by Gasteiger charge is 2.31. The normalized spacial score (nSPS) is 16.8. The van der Waals surface area contributed by atoms with E-state index in [1.54, 1.807) is 0 Å². The van der Waals surface area contributed by atoms with Crippen molar-refractivity contribution in [3.05, 3.63) is 35.4 Å². The summed E-state index contributed by atoms with van der Waals surface area (Å²) >= 11 is 5.61. The summed E-state index contributed by atoms with van der Waals surface area (Å²) in [6.45, 7) is 0.791. The van der Waals surface area contributed by atoms with E-state index in [0.29, 0.717) is 0 Å². The minimum Gasteiger partial charge on any atom is -0.356 e. The van der Waals surface area contributed by atoms with E-state index in [9.17, 15) is 4.79 Å². The molecule has 1 unspecified atom stereocenters. The third-order valence-electron chi connectivity index (χ3n) is 3.53. The topological polar surface area (TPSA) is 29.1 Å². The minimum atomic E-state index is 0.0871. The Kier molecular flexibility index (Phi) is 5.06. The van der Waals surface area contributed by atoms with E-state index < -0.39 is 0 Å². The molecule has 0 heterocycles. The van der Waals surface area contributed by atoms with Crippen LogP contribution in [0.3, 0.4) is 0 Å². The standard InChI is InChI=1S/C15H20ClNO/c16-9-5-1-2-6-10-17-15(18)14-11-12-7-3-4-8-13(12)14/h3-4,7-8,14H,1-2,5-6,9-11H2,(H,17,18). The highest BCUT2D eigenvalue weighted by molar-refractivity contribution is 6.17. The summed E-state index contributed by atoms with van der Waals surface area (Å²) in [5.41, 5.74) is 2.52. The van der Waals surface area contributed by atoms with Crippen LogP contribution < -0.4 is 5.32 Å². The highest BCUT2D eigenvalue weighted by Crippen LogP contribution is 2.34. The van der Waals surface area contributed by atoms with Crippen LogP contribution in [0.15, 0.2) is 24.3 Å². The Morgan fingerprint density at radius 3 is 2.78 bits per heavy atom. The fourth-order valence-corrected chi connectivity index (χ4v) is 2.59. The first-order valence-corrected chi connectivity index (χ1v) is 7.28. The summed E-state index contributed by atoms with van der Waals surface area (Å²) in [4.78, 5) is 11.9. The number of halogens is 1. The van der Waals surface area contributed by atoms with Gasteiger partial charge in [0, 0.05) is 12.4 Å². The minimum absolute atomic E-state index is 0.0871. The lowest BCUT2D eigenvalue weighted by Gasteiger charge is -2.28. The van der Waals surface area contributed by atoms with Crippen molar-refractivity contribution in [1.29, 1.82) is 0 Å². The average Bonchev–Trinajstić information content (AvgIpc) is 2.35. The molecule has 1 atom stereocenters. The number of hydrogen-bond donors (Lipinski definition) is 1. The summed E-state index contributed by atoms with van der Waals surface area (Å²) in [7, 11) is 0. The Morgan fingerprint density at radius 2 is 2.00 bits per heavy atom. The van der Waals surface area contributed by atoms with Crippen molar-refractivity contribution < 1.29 is 4.79 Å². The van der Waals surface area contributed by atoms with Crippen molar-refractivity contribution in [2.24, 2.45) is 0 Å². The molecule has 98 valence electrons. The predicted molar refractivity (Wildman–Crippen MR) is 75.1 cm³/mol. The second kappa shape index (κ2) is 6.79. The van der Waals surface area contributed by atoms with Crippen LogP contribution in [0.4, 0.5) is 0 Å². The smallest absolute Gasteiger partial charge is 0.227 e. The lowest BCUT2D eigenvalue weighted by atomic mass is 9.77. The Labute approximate surface area is 114 Å². The van der Waals surface area contributed by atoms with E-state index in [1.807, 2.05) is 12.1 Å². The van der Waals surface area contributed by atoms with Crippen molar-refractivity contribution in [3.63, 3.8) is 0 Å². The van der Waals surface area contributed by atoms with Gasteiger partial charge in [-0.1, -0.05) is 37.1 Å². The number of carbonyl (C=O) groups is 1. The first kappa shape index (κ1) is 13.4. The fourth-order valence-electron chi connectivity index (χ4n) is 2.40. The molecule has 0 spiro atoms. The number of fused-ring (bicyclic) bond motifs is 1. The molecule has 1 aliphatic rings. The predicted octanol–water partition coefficient (Wildman–Crippen LogP) is 3.24. The maximum atomic E-state index is 11.9. The number of benzene rings is 1. The number of amides is 1. The third kappa shape index (κ3) is 3.26. The van der Waals surface area contributed by atoms with Gasteiger partial charge in [-0.15, -0.1) is 11.6 Å². The van der Waals surface area contributed by atoms with Gasteiger partial charge in [0.1, 0.15) is 0 Å². The third-order valence-corrected chi connectivity index (χ3v) is 3.80. The lowest BCUT2D eigenvalue weighted by Crippen LogP contribution is -2.35. The Hall–Kier alpha value is -1.02. The van der Waals surface area contributed by atoms with Crippen LogP contribution in [0, 0.1) is 0 Å². The molecule has 1 aromatic carbocycles. The second-order valence-electron chi connectivity index (χ2n) is 4.85. The maximum absolute atomic E-state index is 11.9. The van der Waals surface area contributed by atoms with Gasteiger partial charge in [-0.3, -0.25) is 4.79 Å². The molecule has 0 aromatic heterocycles. The van der Waals surface area contributed by atoms with Crippen LogP contribution in [0.25, 0.3) is 0 Å². The molecule has 3 heteroatoms. The molecule has 0 radical (unpaired) electrons. The molecular weight excluding hydrogens is 246 g/mol. The molecule has 2 nitrogen and oxygen atoms in total. The Balaban J connectivity index is 1.65. The largest absolute Gasteiger partial charge is 0.356 e. The van der Waals surface area contributed by atoms with E-state index in [4.69, 9.17) is 11.6 Å². The molecule has 1 N–H and O–H groups in total. The van der Waals surface area contributed by atoms with E-state index in [-0.39, 0.29) is 11.8 Å². The van der Waals surface area contributed by atoms with Gasteiger partial charge in [-0.05, 0) is 30.4 Å². The Bertz CT molecular complexity index is 405. The van der Waals surface area contributed by atoms with Crippen molar-refractivity contribution in [2.75, 3.05) is 12.4 Å². The molecule has 1 aromatic rings. The summed E-state index contributed by atoms with van der Waals surface area (Å²) in [5.74, 6) is 1.01. The first-order valence-electron chi connectivity index (χ1n) is 6.74. The first-order chi connectivity index (χ1) is 8.83. The molecule has 1 amide bonds. The second-order valence-corrected chi connectivity index (χ2v) is 5.23. The number of nitrogens with one attached hydrogen (secondary N) is 1. The van der Waals surface area contributed by atoms with Crippen molar-refractivity contribution >= 4 is 17.5 Å².